The Bertz CT molecular complexity index is 753. The van der Waals surface area contributed by atoms with Crippen molar-refractivity contribution in [1.82, 2.24) is 5.32 Å². The van der Waals surface area contributed by atoms with Crippen molar-refractivity contribution in [3.8, 4) is 5.75 Å². The van der Waals surface area contributed by atoms with E-state index in [2.05, 4.69) is 18.5 Å². The van der Waals surface area contributed by atoms with Gasteiger partial charge < -0.3 is 24.3 Å². The van der Waals surface area contributed by atoms with Gasteiger partial charge in [-0.15, -0.1) is 0 Å². The molecule has 0 saturated heterocycles. The number of methoxy groups -OCH3 is 1. The van der Waals surface area contributed by atoms with E-state index in [-0.39, 0.29) is 13.2 Å². The summed E-state index contributed by atoms with van der Waals surface area (Å²) in [6, 6.07) is 6.98. The SMILES string of the molecule is C=C/C=C(\C=C)COC(=O)NCC(=O)OC(C)C(=O)OCc1ccc(OC)cc1. The van der Waals surface area contributed by atoms with Crippen LogP contribution in [0.3, 0.4) is 0 Å². The number of amides is 1. The lowest BCUT2D eigenvalue weighted by Crippen LogP contribution is -2.35. The molecule has 0 fully saturated rings. The predicted octanol–water partition coefficient (Wildman–Crippen LogP) is 2.69. The van der Waals surface area contributed by atoms with Crippen molar-refractivity contribution < 1.29 is 33.3 Å². The second-order valence-corrected chi connectivity index (χ2v) is 5.70. The van der Waals surface area contributed by atoms with E-state index < -0.39 is 30.7 Å². The average Bonchev–Trinajstić information content (AvgIpc) is 2.73. The third kappa shape index (κ3) is 9.28. The number of alkyl carbamates (subject to hydrolysis) is 1. The number of rotatable bonds is 11. The molecule has 0 aliphatic rings. The molecule has 1 N–H and O–H groups in total. The molecule has 1 unspecified atom stereocenters. The van der Waals surface area contributed by atoms with Crippen molar-refractivity contribution in [2.75, 3.05) is 20.3 Å². The van der Waals surface area contributed by atoms with Crippen LogP contribution in [0.25, 0.3) is 0 Å². The predicted molar refractivity (Wildman–Crippen MR) is 106 cm³/mol. The van der Waals surface area contributed by atoms with Gasteiger partial charge in [-0.05, 0) is 30.2 Å². The number of ether oxygens (including phenoxy) is 4. The zero-order valence-electron chi connectivity index (χ0n) is 16.5. The summed E-state index contributed by atoms with van der Waals surface area (Å²) in [7, 11) is 1.55. The largest absolute Gasteiger partial charge is 0.497 e. The number of allylic oxidation sites excluding steroid dienone is 2. The highest BCUT2D eigenvalue weighted by Gasteiger charge is 2.20. The van der Waals surface area contributed by atoms with Crippen LogP contribution in [-0.4, -0.2) is 44.4 Å². The van der Waals surface area contributed by atoms with E-state index >= 15 is 0 Å². The van der Waals surface area contributed by atoms with Crippen molar-refractivity contribution in [3.05, 3.63) is 66.8 Å². The van der Waals surface area contributed by atoms with Crippen LogP contribution >= 0.6 is 0 Å². The molecule has 0 heterocycles. The highest BCUT2D eigenvalue weighted by Crippen LogP contribution is 2.12. The molecule has 1 aromatic rings. The fourth-order valence-electron chi connectivity index (χ4n) is 1.95. The number of carbonyl (C=O) groups is 3. The van der Waals surface area contributed by atoms with Gasteiger partial charge in [-0.1, -0.05) is 43.5 Å². The molecule has 1 rings (SSSR count). The number of benzene rings is 1. The van der Waals surface area contributed by atoms with E-state index in [1.54, 1.807) is 37.5 Å². The first-order valence-corrected chi connectivity index (χ1v) is 8.73. The fourth-order valence-corrected chi connectivity index (χ4v) is 1.95. The lowest BCUT2D eigenvalue weighted by molar-refractivity contribution is -0.166. The lowest BCUT2D eigenvalue weighted by atomic mass is 10.2. The van der Waals surface area contributed by atoms with Crippen molar-refractivity contribution in [3.63, 3.8) is 0 Å². The third-order valence-corrected chi connectivity index (χ3v) is 3.52. The molecule has 0 radical (unpaired) electrons. The first-order chi connectivity index (χ1) is 13.9. The quantitative estimate of drug-likeness (QED) is 0.344. The summed E-state index contributed by atoms with van der Waals surface area (Å²) in [6.45, 7) is 8.03. The molecule has 0 aliphatic heterocycles. The van der Waals surface area contributed by atoms with E-state index in [1.165, 1.54) is 19.1 Å². The Kier molecular flexibility index (Phi) is 10.3. The van der Waals surface area contributed by atoms with Crippen LogP contribution in [0.2, 0.25) is 0 Å². The van der Waals surface area contributed by atoms with Gasteiger partial charge in [0, 0.05) is 0 Å². The smallest absolute Gasteiger partial charge is 0.407 e. The van der Waals surface area contributed by atoms with Crippen molar-refractivity contribution in [2.45, 2.75) is 19.6 Å². The molecular formula is C21H25NO7. The number of nitrogens with one attached hydrogen (secondary N) is 1. The summed E-state index contributed by atoms with van der Waals surface area (Å²) in [5.41, 5.74) is 1.40. The van der Waals surface area contributed by atoms with Gasteiger partial charge in [0.1, 0.15) is 25.5 Å². The minimum absolute atomic E-state index is 0.0233. The first-order valence-electron chi connectivity index (χ1n) is 8.73. The molecule has 8 nitrogen and oxygen atoms in total. The molecule has 1 amide bonds. The van der Waals surface area contributed by atoms with Crippen LogP contribution in [0.5, 0.6) is 5.75 Å². The van der Waals surface area contributed by atoms with E-state index in [4.69, 9.17) is 18.9 Å². The Morgan fingerprint density at radius 3 is 2.41 bits per heavy atom. The van der Waals surface area contributed by atoms with Gasteiger partial charge in [-0.2, -0.15) is 0 Å². The standard InChI is InChI=1S/C21H25NO7/c1-5-7-16(6-2)13-28-21(25)22-12-19(23)29-15(3)20(24)27-14-17-8-10-18(26-4)11-9-17/h5-11,15H,1-2,12-14H2,3-4H3,(H,22,25)/b16-7+. The summed E-state index contributed by atoms with van der Waals surface area (Å²) in [5, 5.41) is 2.23. The molecule has 1 aromatic carbocycles. The minimum atomic E-state index is -1.12. The van der Waals surface area contributed by atoms with Gasteiger partial charge >= 0.3 is 18.0 Å². The van der Waals surface area contributed by atoms with E-state index in [0.717, 1.165) is 5.56 Å². The van der Waals surface area contributed by atoms with Gasteiger partial charge in [-0.25, -0.2) is 9.59 Å². The van der Waals surface area contributed by atoms with Crippen LogP contribution in [0.1, 0.15) is 12.5 Å². The Balaban J connectivity index is 2.32. The van der Waals surface area contributed by atoms with Gasteiger partial charge in [0.15, 0.2) is 6.10 Å². The molecule has 0 spiro atoms. The number of carbonyl (C=O) groups excluding carboxylic acids is 3. The number of hydrogen-bond donors (Lipinski definition) is 1. The second-order valence-electron chi connectivity index (χ2n) is 5.70. The summed E-state index contributed by atoms with van der Waals surface area (Å²) >= 11 is 0. The van der Waals surface area contributed by atoms with Crippen LogP contribution in [0.4, 0.5) is 4.79 Å². The zero-order valence-corrected chi connectivity index (χ0v) is 16.5. The van der Waals surface area contributed by atoms with Crippen molar-refractivity contribution in [1.29, 1.82) is 0 Å². The van der Waals surface area contributed by atoms with Crippen LogP contribution in [0, 0.1) is 0 Å². The molecule has 156 valence electrons. The Morgan fingerprint density at radius 1 is 1.14 bits per heavy atom. The summed E-state index contributed by atoms with van der Waals surface area (Å²) in [5.74, 6) is -0.825. The molecule has 29 heavy (non-hydrogen) atoms. The van der Waals surface area contributed by atoms with Gasteiger partial charge in [0.25, 0.3) is 0 Å². The van der Waals surface area contributed by atoms with Crippen molar-refractivity contribution in [2.24, 2.45) is 0 Å². The summed E-state index contributed by atoms with van der Waals surface area (Å²) in [4.78, 5) is 35.2. The normalized spacial score (nSPS) is 11.6. The van der Waals surface area contributed by atoms with Crippen LogP contribution < -0.4 is 10.1 Å². The second kappa shape index (κ2) is 12.8. The molecule has 1 atom stereocenters. The summed E-state index contributed by atoms with van der Waals surface area (Å²) < 4.78 is 20.0. The zero-order chi connectivity index (χ0) is 21.6. The molecule has 0 saturated carbocycles. The van der Waals surface area contributed by atoms with E-state index in [1.807, 2.05) is 0 Å². The van der Waals surface area contributed by atoms with E-state index in [0.29, 0.717) is 11.3 Å². The van der Waals surface area contributed by atoms with Gasteiger partial charge in [0.05, 0.1) is 7.11 Å². The highest BCUT2D eigenvalue weighted by molar-refractivity contribution is 5.82. The Morgan fingerprint density at radius 2 is 1.83 bits per heavy atom. The molecule has 0 aromatic heterocycles. The van der Waals surface area contributed by atoms with E-state index in [9.17, 15) is 14.4 Å². The highest BCUT2D eigenvalue weighted by atomic mass is 16.6. The number of hydrogen-bond acceptors (Lipinski definition) is 7. The molecule has 0 bridgehead atoms. The van der Waals surface area contributed by atoms with Crippen molar-refractivity contribution >= 4 is 18.0 Å². The average molecular weight is 403 g/mol. The van der Waals surface area contributed by atoms with Gasteiger partial charge in [0.2, 0.25) is 0 Å². The fraction of sp³-hybridized carbons (Fsp3) is 0.286. The maximum atomic E-state index is 11.9. The van der Waals surface area contributed by atoms with Gasteiger partial charge in [-0.3, -0.25) is 4.79 Å². The monoisotopic (exact) mass is 403 g/mol. The van der Waals surface area contributed by atoms with Crippen LogP contribution in [-0.2, 0) is 30.4 Å². The molecule has 8 heteroatoms. The lowest BCUT2D eigenvalue weighted by Gasteiger charge is -2.13. The molecule has 0 aliphatic carbocycles. The third-order valence-electron chi connectivity index (χ3n) is 3.52. The maximum absolute atomic E-state index is 11.9. The summed E-state index contributed by atoms with van der Waals surface area (Å²) in [6.07, 6.45) is 2.75. The minimum Gasteiger partial charge on any atom is -0.497 e. The Labute approximate surface area is 169 Å². The first kappa shape index (κ1) is 23.5. The topological polar surface area (TPSA) is 100 Å². The van der Waals surface area contributed by atoms with Crippen LogP contribution in [0.15, 0.2) is 61.2 Å². The molecular weight excluding hydrogens is 378 g/mol. The maximum Gasteiger partial charge on any atom is 0.407 e. The number of esters is 2. The Hall–Kier alpha value is -3.55.